The van der Waals surface area contributed by atoms with Crippen molar-refractivity contribution in [3.8, 4) is 0 Å². The van der Waals surface area contributed by atoms with Crippen LogP contribution in [-0.4, -0.2) is 19.9 Å². The van der Waals surface area contributed by atoms with Crippen LogP contribution in [0.5, 0.6) is 0 Å². The molecule has 7 heteroatoms. The number of imidazole rings is 2. The lowest BCUT2D eigenvalue weighted by molar-refractivity contribution is 0.973. The Morgan fingerprint density at radius 3 is 1.37 bits per heavy atom. The quantitative estimate of drug-likeness (QED) is 0.214. The summed E-state index contributed by atoms with van der Waals surface area (Å²) in [5.41, 5.74) is 20.2. The number of para-hydroxylation sites is 6. The van der Waals surface area contributed by atoms with Crippen molar-refractivity contribution in [3.05, 3.63) is 120 Å². The normalized spacial score (nSPS) is 13.3. The lowest BCUT2D eigenvalue weighted by atomic mass is 10.1. The number of nitrogens with two attached hydrogens (primary N) is 2. The highest BCUT2D eigenvalue weighted by molar-refractivity contribution is 8.00. The number of hydrogen-bond acceptors (Lipinski definition) is 5. The molecule has 6 nitrogen and oxygen atoms in total. The lowest BCUT2D eigenvalue weighted by Crippen LogP contribution is -2.09. The first-order valence-electron chi connectivity index (χ1n) is 11.4. The first-order valence-corrected chi connectivity index (χ1v) is 12.4. The summed E-state index contributed by atoms with van der Waals surface area (Å²) in [6.07, 6.45) is 0. The fourth-order valence-electron chi connectivity index (χ4n) is 4.40. The van der Waals surface area contributed by atoms with Gasteiger partial charge in [0.1, 0.15) is 11.6 Å². The molecule has 172 valence electrons. The molecule has 0 amide bonds. The molecule has 0 bridgehead atoms. The van der Waals surface area contributed by atoms with Gasteiger partial charge >= 0.3 is 0 Å². The minimum atomic E-state index is -0.179. The molecule has 0 spiro atoms. The van der Waals surface area contributed by atoms with Gasteiger partial charge in [0.15, 0.2) is 0 Å². The Morgan fingerprint density at radius 1 is 0.543 bits per heavy atom. The van der Waals surface area contributed by atoms with Gasteiger partial charge in [-0.1, -0.05) is 60.7 Å². The van der Waals surface area contributed by atoms with Crippen LogP contribution in [-0.2, 0) is 0 Å². The van der Waals surface area contributed by atoms with Crippen LogP contribution in [0, 0.1) is 0 Å². The highest BCUT2D eigenvalue weighted by atomic mass is 32.2. The fourth-order valence-corrected chi connectivity index (χ4v) is 5.87. The van der Waals surface area contributed by atoms with Crippen LogP contribution in [0.15, 0.2) is 97.1 Å². The van der Waals surface area contributed by atoms with Crippen molar-refractivity contribution < 1.29 is 0 Å². The molecule has 6 rings (SSSR count). The number of nitrogen functional groups attached to an aromatic ring is 2. The number of hydrogen-bond donors (Lipinski definition) is 4. The second-order valence-electron chi connectivity index (χ2n) is 8.43. The predicted molar refractivity (Wildman–Crippen MR) is 145 cm³/mol. The van der Waals surface area contributed by atoms with Crippen LogP contribution in [0.4, 0.5) is 11.4 Å². The maximum Gasteiger partial charge on any atom is 0.125 e. The van der Waals surface area contributed by atoms with Crippen molar-refractivity contribution in [3.63, 3.8) is 0 Å². The van der Waals surface area contributed by atoms with E-state index >= 15 is 0 Å². The van der Waals surface area contributed by atoms with Gasteiger partial charge in [0.25, 0.3) is 0 Å². The number of rotatable bonds is 6. The molecule has 0 aliphatic heterocycles. The van der Waals surface area contributed by atoms with Crippen LogP contribution in [0.25, 0.3) is 22.1 Å². The van der Waals surface area contributed by atoms with Crippen molar-refractivity contribution >= 4 is 45.2 Å². The number of fused-ring (bicyclic) bond motifs is 2. The van der Waals surface area contributed by atoms with Crippen molar-refractivity contribution in [2.75, 3.05) is 11.5 Å². The molecule has 35 heavy (non-hydrogen) atoms. The van der Waals surface area contributed by atoms with Crippen molar-refractivity contribution in [1.29, 1.82) is 0 Å². The predicted octanol–water partition coefficient (Wildman–Crippen LogP) is 6.22. The Hall–Kier alpha value is -4.23. The Labute approximate surface area is 206 Å². The van der Waals surface area contributed by atoms with Gasteiger partial charge in [0.05, 0.1) is 32.6 Å². The van der Waals surface area contributed by atoms with E-state index in [-0.39, 0.29) is 10.5 Å². The average Bonchev–Trinajstić information content (AvgIpc) is 3.50. The van der Waals surface area contributed by atoms with Gasteiger partial charge in [-0.15, -0.1) is 11.8 Å². The number of nitrogens with zero attached hydrogens (tertiary/aromatic N) is 2. The topological polar surface area (TPSA) is 109 Å². The van der Waals surface area contributed by atoms with E-state index in [0.29, 0.717) is 0 Å². The van der Waals surface area contributed by atoms with E-state index in [1.807, 2.05) is 84.9 Å². The molecule has 0 saturated carbocycles. The summed E-state index contributed by atoms with van der Waals surface area (Å²) < 4.78 is 0. The average molecular weight is 477 g/mol. The summed E-state index contributed by atoms with van der Waals surface area (Å²) >= 11 is 1.71. The Bertz CT molecular complexity index is 1450. The molecule has 0 radical (unpaired) electrons. The molecule has 2 aromatic heterocycles. The third-order valence-corrected chi connectivity index (χ3v) is 7.64. The summed E-state index contributed by atoms with van der Waals surface area (Å²) in [6, 6.07) is 32.0. The third-order valence-electron chi connectivity index (χ3n) is 6.14. The van der Waals surface area contributed by atoms with Gasteiger partial charge in [-0.2, -0.15) is 0 Å². The summed E-state index contributed by atoms with van der Waals surface area (Å²) in [7, 11) is 0. The number of thioether (sulfide) groups is 1. The van der Waals surface area contributed by atoms with E-state index in [9.17, 15) is 0 Å². The van der Waals surface area contributed by atoms with E-state index in [4.69, 9.17) is 21.4 Å². The molecule has 0 aliphatic carbocycles. The third kappa shape index (κ3) is 4.00. The zero-order valence-electron chi connectivity index (χ0n) is 18.8. The second kappa shape index (κ2) is 8.85. The number of anilines is 2. The largest absolute Gasteiger partial charge is 0.398 e. The minimum absolute atomic E-state index is 0.179. The summed E-state index contributed by atoms with van der Waals surface area (Å²) in [6.45, 7) is 0. The van der Waals surface area contributed by atoms with Crippen LogP contribution >= 0.6 is 11.8 Å². The molecule has 2 atom stereocenters. The monoisotopic (exact) mass is 476 g/mol. The second-order valence-corrected chi connectivity index (χ2v) is 9.65. The molecule has 4 aromatic carbocycles. The minimum Gasteiger partial charge on any atom is -0.398 e. The van der Waals surface area contributed by atoms with Gasteiger partial charge in [-0.05, 0) is 47.5 Å². The lowest BCUT2D eigenvalue weighted by Gasteiger charge is -2.23. The zero-order valence-corrected chi connectivity index (χ0v) is 19.7. The van der Waals surface area contributed by atoms with Gasteiger partial charge in [-0.3, -0.25) is 0 Å². The summed E-state index contributed by atoms with van der Waals surface area (Å²) in [4.78, 5) is 16.9. The zero-order chi connectivity index (χ0) is 23.8. The summed E-state index contributed by atoms with van der Waals surface area (Å²) in [5, 5.41) is -0.358. The Balaban J connectivity index is 1.52. The van der Waals surface area contributed by atoms with E-state index in [2.05, 4.69) is 22.1 Å². The molecule has 0 fully saturated rings. The van der Waals surface area contributed by atoms with E-state index in [0.717, 1.165) is 56.2 Å². The first-order chi connectivity index (χ1) is 17.2. The Kier molecular flexibility index (Phi) is 5.39. The van der Waals surface area contributed by atoms with E-state index in [1.165, 1.54) is 0 Å². The molecule has 2 unspecified atom stereocenters. The van der Waals surface area contributed by atoms with Crippen LogP contribution < -0.4 is 11.5 Å². The number of aromatic amines is 2. The van der Waals surface area contributed by atoms with Crippen molar-refractivity contribution in [2.24, 2.45) is 0 Å². The van der Waals surface area contributed by atoms with E-state index in [1.54, 1.807) is 11.8 Å². The van der Waals surface area contributed by atoms with Gasteiger partial charge in [-0.25, -0.2) is 9.97 Å². The molecule has 0 aliphatic rings. The number of nitrogens with one attached hydrogen (secondary N) is 2. The SMILES string of the molecule is Nc1ccccc1C(SC(c1nc2ccccc2[nH]1)c1ccccc1N)c1nc2ccccc2[nH]1. The van der Waals surface area contributed by atoms with Crippen molar-refractivity contribution in [2.45, 2.75) is 10.5 Å². The molecule has 6 aromatic rings. The van der Waals surface area contributed by atoms with Crippen LogP contribution in [0.2, 0.25) is 0 Å². The maximum atomic E-state index is 6.49. The van der Waals surface area contributed by atoms with Gasteiger partial charge < -0.3 is 21.4 Å². The van der Waals surface area contributed by atoms with Gasteiger partial charge in [0, 0.05) is 11.4 Å². The van der Waals surface area contributed by atoms with Crippen molar-refractivity contribution in [1.82, 2.24) is 19.9 Å². The molecule has 0 saturated heterocycles. The highest BCUT2D eigenvalue weighted by Crippen LogP contribution is 2.49. The highest BCUT2D eigenvalue weighted by Gasteiger charge is 2.29. The van der Waals surface area contributed by atoms with Gasteiger partial charge in [0.2, 0.25) is 0 Å². The number of benzene rings is 4. The number of H-pyrrole nitrogens is 2. The standard InChI is InChI=1S/C28H24N6S/c29-19-11-3-1-9-17(19)25(27-31-21-13-5-6-14-22(21)32-27)35-26(18-10-2-4-12-20(18)30)28-33-23-15-7-8-16-24(23)34-28/h1-16,25-26H,29-30H2,(H,31,32)(H,33,34). The summed E-state index contributed by atoms with van der Waals surface area (Å²) in [5.74, 6) is 1.68. The van der Waals surface area contributed by atoms with Crippen LogP contribution in [0.1, 0.15) is 33.3 Å². The molecule has 6 N–H and O–H groups in total. The fraction of sp³-hybridized carbons (Fsp3) is 0.0714. The Morgan fingerprint density at radius 2 is 0.943 bits per heavy atom. The van der Waals surface area contributed by atoms with E-state index < -0.39 is 0 Å². The molecular weight excluding hydrogens is 452 g/mol. The maximum absolute atomic E-state index is 6.49. The molecule has 2 heterocycles. The number of aromatic nitrogens is 4. The first kappa shape index (κ1) is 21.3. The van der Waals surface area contributed by atoms with Crippen LogP contribution in [0.3, 0.4) is 0 Å². The smallest absolute Gasteiger partial charge is 0.125 e. The molecular formula is C28H24N6S.